The molecule has 1 aromatic carbocycles. The number of carbonyl (C=O) groups excluding carboxylic acids is 5. The standard InChI is InChI=1S/C27H27N3O7/c1-11-6-7-29-10-15(11)13-4-5-17(31)19-14(13)8-12-9-16-21(30(2)3)23(33)20(26(28)36)25(35)27(16,37)24(34)18(12)22(19)32/h4-7,10,12,16,18,20-21,31,37H,8-9H2,1-3H3,(H2,28,36)/t12-,16-,18?,20?,21+,27-/m0/s1. The van der Waals surface area contributed by atoms with Gasteiger partial charge in [0.05, 0.1) is 17.5 Å². The van der Waals surface area contributed by atoms with Gasteiger partial charge in [0.1, 0.15) is 5.75 Å². The molecule has 1 heterocycles. The van der Waals surface area contributed by atoms with Crippen LogP contribution in [-0.2, 0) is 25.6 Å². The van der Waals surface area contributed by atoms with Crippen LogP contribution in [0.5, 0.6) is 5.75 Å². The molecule has 192 valence electrons. The lowest BCUT2D eigenvalue weighted by Crippen LogP contribution is -2.74. The van der Waals surface area contributed by atoms with Gasteiger partial charge in [-0.1, -0.05) is 6.07 Å². The van der Waals surface area contributed by atoms with Gasteiger partial charge in [-0.15, -0.1) is 0 Å². The fourth-order valence-electron chi connectivity index (χ4n) is 6.60. The number of rotatable bonds is 3. The van der Waals surface area contributed by atoms with E-state index in [4.69, 9.17) is 5.73 Å². The molecule has 2 aromatic rings. The molecule has 3 aliphatic rings. The Morgan fingerprint density at radius 3 is 2.43 bits per heavy atom. The highest BCUT2D eigenvalue weighted by Crippen LogP contribution is 2.51. The zero-order valence-electron chi connectivity index (χ0n) is 20.6. The number of phenolic OH excluding ortho intramolecular Hbond substituents is 1. The number of likely N-dealkylation sites (N-methyl/N-ethyl adjacent to an activating group) is 1. The van der Waals surface area contributed by atoms with Gasteiger partial charge in [0.25, 0.3) is 0 Å². The van der Waals surface area contributed by atoms with Crippen LogP contribution in [-0.4, -0.2) is 74.9 Å². The van der Waals surface area contributed by atoms with Crippen LogP contribution in [0.2, 0.25) is 0 Å². The highest BCUT2D eigenvalue weighted by Gasteiger charge is 2.69. The van der Waals surface area contributed by atoms with Crippen LogP contribution in [0.1, 0.15) is 27.9 Å². The van der Waals surface area contributed by atoms with Crippen molar-refractivity contribution in [2.45, 2.75) is 31.4 Å². The molecule has 3 aliphatic carbocycles. The minimum atomic E-state index is -2.73. The summed E-state index contributed by atoms with van der Waals surface area (Å²) in [6, 6.07) is 3.76. The van der Waals surface area contributed by atoms with Gasteiger partial charge >= 0.3 is 0 Å². The lowest BCUT2D eigenvalue weighted by Gasteiger charge is -2.52. The van der Waals surface area contributed by atoms with Crippen molar-refractivity contribution in [1.29, 1.82) is 0 Å². The predicted octanol–water partition coefficient (Wildman–Crippen LogP) is 0.237. The molecule has 2 unspecified atom stereocenters. The van der Waals surface area contributed by atoms with Gasteiger partial charge in [-0.05, 0) is 68.6 Å². The van der Waals surface area contributed by atoms with E-state index in [9.17, 15) is 34.2 Å². The first-order valence-corrected chi connectivity index (χ1v) is 12.0. The summed E-state index contributed by atoms with van der Waals surface area (Å²) >= 11 is 0. The molecule has 1 aromatic heterocycles. The summed E-state index contributed by atoms with van der Waals surface area (Å²) < 4.78 is 0. The van der Waals surface area contributed by atoms with Crippen LogP contribution in [0.25, 0.3) is 11.1 Å². The molecule has 5 rings (SSSR count). The Hall–Kier alpha value is -3.76. The number of aromatic hydroxyl groups is 1. The summed E-state index contributed by atoms with van der Waals surface area (Å²) in [6.07, 6.45) is 3.51. The van der Waals surface area contributed by atoms with Crippen LogP contribution in [0.15, 0.2) is 30.6 Å². The molecule has 37 heavy (non-hydrogen) atoms. The zero-order chi connectivity index (χ0) is 27.0. The molecule has 2 fully saturated rings. The van der Waals surface area contributed by atoms with Gasteiger partial charge in [-0.2, -0.15) is 0 Å². The first kappa shape index (κ1) is 24.9. The van der Waals surface area contributed by atoms with Gasteiger partial charge in [-0.3, -0.25) is 33.9 Å². The number of ketones is 4. The van der Waals surface area contributed by atoms with Gasteiger partial charge in [0.15, 0.2) is 34.7 Å². The van der Waals surface area contributed by atoms with E-state index in [-0.39, 0.29) is 24.2 Å². The molecule has 0 radical (unpaired) electrons. The third-order valence-electron chi connectivity index (χ3n) is 8.27. The normalized spacial score (nSPS) is 31.1. The second-order valence-corrected chi connectivity index (χ2v) is 10.5. The number of aliphatic hydroxyl groups is 1. The Morgan fingerprint density at radius 1 is 1.11 bits per heavy atom. The fourth-order valence-corrected chi connectivity index (χ4v) is 6.60. The Bertz CT molecular complexity index is 1400. The zero-order valence-corrected chi connectivity index (χ0v) is 20.6. The molecule has 10 nitrogen and oxygen atoms in total. The van der Waals surface area contributed by atoms with Crippen LogP contribution >= 0.6 is 0 Å². The van der Waals surface area contributed by atoms with E-state index in [0.29, 0.717) is 11.1 Å². The molecular formula is C27H27N3O7. The monoisotopic (exact) mass is 505 g/mol. The maximum absolute atomic E-state index is 13.8. The van der Waals surface area contributed by atoms with E-state index >= 15 is 0 Å². The molecule has 1 amide bonds. The van der Waals surface area contributed by atoms with Crippen molar-refractivity contribution in [1.82, 2.24) is 9.88 Å². The molecule has 0 bridgehead atoms. The van der Waals surface area contributed by atoms with Crippen LogP contribution in [0.3, 0.4) is 0 Å². The number of aromatic nitrogens is 1. The third-order valence-corrected chi connectivity index (χ3v) is 8.27. The number of amides is 1. The highest BCUT2D eigenvalue weighted by atomic mass is 16.3. The molecule has 2 saturated carbocycles. The number of benzene rings is 1. The van der Waals surface area contributed by atoms with Crippen molar-refractivity contribution in [2.75, 3.05) is 14.1 Å². The van der Waals surface area contributed by atoms with E-state index in [1.54, 1.807) is 32.6 Å². The number of hydrogen-bond acceptors (Lipinski definition) is 9. The van der Waals surface area contributed by atoms with Crippen LogP contribution in [0, 0.1) is 30.6 Å². The minimum absolute atomic E-state index is 0.00497. The molecule has 4 N–H and O–H groups in total. The summed E-state index contributed by atoms with van der Waals surface area (Å²) in [5, 5.41) is 22.3. The number of phenols is 1. The second-order valence-electron chi connectivity index (χ2n) is 10.5. The summed E-state index contributed by atoms with van der Waals surface area (Å²) in [5.41, 5.74) is 5.47. The van der Waals surface area contributed by atoms with Crippen molar-refractivity contribution < 1.29 is 34.2 Å². The second kappa shape index (κ2) is 8.39. The average Bonchev–Trinajstić information content (AvgIpc) is 2.82. The van der Waals surface area contributed by atoms with E-state index in [1.807, 2.05) is 13.0 Å². The Kier molecular flexibility index (Phi) is 5.65. The van der Waals surface area contributed by atoms with E-state index in [2.05, 4.69) is 4.98 Å². The van der Waals surface area contributed by atoms with Crippen molar-refractivity contribution in [2.24, 2.45) is 29.4 Å². The number of fused-ring (bicyclic) bond motifs is 3. The topological polar surface area (TPSA) is 168 Å². The van der Waals surface area contributed by atoms with E-state index in [0.717, 1.165) is 11.1 Å². The Balaban J connectivity index is 1.67. The third kappa shape index (κ3) is 3.32. The molecule has 10 heteroatoms. The van der Waals surface area contributed by atoms with Crippen LogP contribution in [0.4, 0.5) is 0 Å². The summed E-state index contributed by atoms with van der Waals surface area (Å²) in [6.45, 7) is 1.89. The van der Waals surface area contributed by atoms with Gasteiger partial charge in [0, 0.05) is 23.9 Å². The summed E-state index contributed by atoms with van der Waals surface area (Å²) in [4.78, 5) is 71.8. The molecule has 0 spiro atoms. The highest BCUT2D eigenvalue weighted by molar-refractivity contribution is 6.32. The first-order valence-electron chi connectivity index (χ1n) is 12.0. The number of aryl methyl sites for hydroxylation is 1. The number of nitrogens with two attached hydrogens (primary N) is 1. The van der Waals surface area contributed by atoms with Crippen molar-refractivity contribution >= 4 is 29.0 Å². The Labute approximate surface area is 212 Å². The summed E-state index contributed by atoms with van der Waals surface area (Å²) in [5.74, 6) is -10.6. The Morgan fingerprint density at radius 2 is 1.81 bits per heavy atom. The maximum atomic E-state index is 13.8. The smallest absolute Gasteiger partial charge is 0.235 e. The van der Waals surface area contributed by atoms with Crippen molar-refractivity contribution in [3.05, 3.63) is 47.3 Å². The lowest BCUT2D eigenvalue weighted by atomic mass is 9.52. The van der Waals surface area contributed by atoms with E-state index < -0.39 is 64.4 Å². The van der Waals surface area contributed by atoms with Gasteiger partial charge < -0.3 is 15.9 Å². The number of Topliss-reactive ketones (excluding diaryl/α,β-unsaturated/α-hetero) is 4. The largest absolute Gasteiger partial charge is 0.507 e. The number of hydrogen-bond donors (Lipinski definition) is 3. The van der Waals surface area contributed by atoms with Crippen molar-refractivity contribution in [3.63, 3.8) is 0 Å². The number of primary amides is 1. The lowest BCUT2D eigenvalue weighted by molar-refractivity contribution is -0.181. The first-order chi connectivity index (χ1) is 17.4. The van der Waals surface area contributed by atoms with Gasteiger partial charge in [-0.25, -0.2) is 0 Å². The summed E-state index contributed by atoms with van der Waals surface area (Å²) in [7, 11) is 3.10. The number of nitrogens with zero attached hydrogens (tertiary/aromatic N) is 2. The molecule has 0 aliphatic heterocycles. The number of carbonyl (C=O) groups is 5. The number of pyridine rings is 1. The molecular weight excluding hydrogens is 478 g/mol. The molecule has 0 saturated heterocycles. The van der Waals surface area contributed by atoms with Gasteiger partial charge in [0.2, 0.25) is 5.91 Å². The SMILES string of the molecule is Cc1ccncc1-c1ccc(O)c2c1C[C@H]1C[C@H]3[C@@H](N(C)C)C(=O)C(C(N)=O)C(=O)[C@@]3(O)C(=O)C1C2=O. The van der Waals surface area contributed by atoms with E-state index in [1.165, 1.54) is 11.0 Å². The average molecular weight is 506 g/mol. The quantitative estimate of drug-likeness (QED) is 0.495. The predicted molar refractivity (Wildman–Crippen MR) is 129 cm³/mol. The van der Waals surface area contributed by atoms with Crippen molar-refractivity contribution in [3.8, 4) is 16.9 Å². The maximum Gasteiger partial charge on any atom is 0.235 e. The fraction of sp³-hybridized carbons (Fsp3) is 0.407. The minimum Gasteiger partial charge on any atom is -0.507 e. The van der Waals surface area contributed by atoms with Crippen LogP contribution < -0.4 is 5.73 Å². The molecule has 6 atom stereocenters.